The second kappa shape index (κ2) is 19.7. The summed E-state index contributed by atoms with van der Waals surface area (Å²) in [6.07, 6.45) is 9.20. The van der Waals surface area contributed by atoms with Crippen molar-refractivity contribution in [1.82, 2.24) is 25.3 Å². The van der Waals surface area contributed by atoms with Crippen LogP contribution in [0.3, 0.4) is 0 Å². The van der Waals surface area contributed by atoms with Crippen LogP contribution in [0.15, 0.2) is 249 Å². The Hall–Kier alpha value is -8.70. The van der Waals surface area contributed by atoms with Gasteiger partial charge in [0.15, 0.2) is 5.65 Å². The molecule has 0 aliphatic heterocycles. The second-order valence-corrected chi connectivity index (χ2v) is 20.1. The third kappa shape index (κ3) is 8.18. The number of benzene rings is 8. The molecule has 8 aromatic carbocycles. The van der Waals surface area contributed by atoms with Crippen molar-refractivity contribution in [3.8, 4) is 6.07 Å². The lowest BCUT2D eigenvalue weighted by Gasteiger charge is -2.54. The average Bonchev–Trinajstić information content (AvgIpc) is 3.92. The summed E-state index contributed by atoms with van der Waals surface area (Å²) in [7, 11) is 0. The number of aromatic nitrogens is 4. The van der Waals surface area contributed by atoms with E-state index < -0.39 is 11.1 Å². The summed E-state index contributed by atoms with van der Waals surface area (Å²) in [5.41, 5.74) is 10.6. The number of hydrogen-bond donors (Lipinski definition) is 2. The molecule has 3 fully saturated rings. The quantitative estimate of drug-likeness (QED) is 0.0995. The first-order chi connectivity index (χ1) is 36.5. The highest BCUT2D eigenvalue weighted by molar-refractivity contribution is 5.95. The molecule has 3 saturated carbocycles. The summed E-state index contributed by atoms with van der Waals surface area (Å²) >= 11 is 0. The maximum atomic E-state index is 10.4. The van der Waals surface area contributed by atoms with Crippen LogP contribution in [-0.2, 0) is 16.5 Å². The Labute approximate surface area is 433 Å². The summed E-state index contributed by atoms with van der Waals surface area (Å²) in [6, 6.07) is 87.3. The molecule has 2 heterocycles. The number of nitriles is 1. The topological polar surface area (TPSA) is 91.4 Å². The average molecular weight is 960 g/mol. The summed E-state index contributed by atoms with van der Waals surface area (Å²) in [6.45, 7) is 0.620. The lowest BCUT2D eigenvalue weighted by Crippen LogP contribution is -2.56. The van der Waals surface area contributed by atoms with Crippen molar-refractivity contribution in [2.45, 2.75) is 60.6 Å². The van der Waals surface area contributed by atoms with Crippen molar-refractivity contribution >= 4 is 22.6 Å². The van der Waals surface area contributed by atoms with Crippen molar-refractivity contribution in [3.63, 3.8) is 0 Å². The van der Waals surface area contributed by atoms with E-state index in [1.54, 1.807) is 0 Å². The molecule has 0 atom stereocenters. The molecule has 0 radical (unpaired) electrons. The minimum Gasteiger partial charge on any atom is -0.353 e. The molecule has 0 spiro atoms. The minimum atomic E-state index is -1.01. The summed E-state index contributed by atoms with van der Waals surface area (Å²) in [4.78, 5) is 5.76. The normalized spacial score (nSPS) is 17.7. The van der Waals surface area contributed by atoms with Gasteiger partial charge in [-0.05, 0) is 112 Å². The lowest BCUT2D eigenvalue weighted by atomic mass is 9.55. The van der Waals surface area contributed by atoms with Crippen LogP contribution in [0.5, 0.6) is 0 Å². The third-order valence-corrected chi connectivity index (χ3v) is 16.2. The first-order valence-corrected chi connectivity index (χ1v) is 25.9. The van der Waals surface area contributed by atoms with E-state index >= 15 is 0 Å². The van der Waals surface area contributed by atoms with Crippen molar-refractivity contribution in [2.75, 3.05) is 11.9 Å². The number of nitrogens with zero attached hydrogens (tertiary/aromatic N) is 5. The Morgan fingerprint density at radius 1 is 0.541 bits per heavy atom. The lowest BCUT2D eigenvalue weighted by molar-refractivity contribution is 0.0802. The zero-order chi connectivity index (χ0) is 49.8. The highest BCUT2D eigenvalue weighted by atomic mass is 15.5. The van der Waals surface area contributed by atoms with E-state index in [2.05, 4.69) is 247 Å². The van der Waals surface area contributed by atoms with E-state index in [0.29, 0.717) is 29.1 Å². The fraction of sp³-hybridized carbons (Fsp3) is 0.164. The van der Waals surface area contributed by atoms with Crippen LogP contribution in [-0.4, -0.2) is 32.1 Å². The van der Waals surface area contributed by atoms with Gasteiger partial charge in [0.05, 0.1) is 11.6 Å². The maximum absolute atomic E-state index is 10.4. The Morgan fingerprint density at radius 3 is 1.47 bits per heavy atom. The predicted molar refractivity (Wildman–Crippen MR) is 298 cm³/mol. The Kier molecular flexibility index (Phi) is 12.4. The van der Waals surface area contributed by atoms with Crippen molar-refractivity contribution in [1.29, 1.82) is 5.26 Å². The molecule has 10 aromatic rings. The molecule has 74 heavy (non-hydrogen) atoms. The van der Waals surface area contributed by atoms with Gasteiger partial charge in [0.25, 0.3) is 0 Å². The zero-order valence-electron chi connectivity index (χ0n) is 41.4. The molecule has 3 aliphatic rings. The van der Waals surface area contributed by atoms with Crippen LogP contribution in [0.2, 0.25) is 0 Å². The second-order valence-electron chi connectivity index (χ2n) is 20.1. The third-order valence-electron chi connectivity index (χ3n) is 16.2. The molecule has 2 bridgehead atoms. The number of nitrogens with one attached hydrogen (secondary N) is 2. The van der Waals surface area contributed by atoms with Crippen LogP contribution in [0.1, 0.15) is 94.2 Å². The number of hydrogen-bond acceptors (Lipinski definition) is 6. The van der Waals surface area contributed by atoms with E-state index in [1.165, 1.54) is 24.8 Å². The van der Waals surface area contributed by atoms with Gasteiger partial charge < -0.3 is 10.6 Å². The van der Waals surface area contributed by atoms with Gasteiger partial charge in [0.2, 0.25) is 0 Å². The van der Waals surface area contributed by atoms with Crippen LogP contribution in [0.4, 0.5) is 5.82 Å². The van der Waals surface area contributed by atoms with Crippen LogP contribution >= 0.6 is 0 Å². The van der Waals surface area contributed by atoms with Gasteiger partial charge in [0, 0.05) is 17.6 Å². The largest absolute Gasteiger partial charge is 0.353 e. The van der Waals surface area contributed by atoms with Crippen molar-refractivity contribution < 1.29 is 0 Å². The molecule has 2 N–H and O–H groups in total. The van der Waals surface area contributed by atoms with Crippen molar-refractivity contribution in [2.24, 2.45) is 0 Å². The van der Waals surface area contributed by atoms with Gasteiger partial charge in [-0.3, -0.25) is 0 Å². The molecule has 2 aromatic heterocycles. The number of pyridine rings is 1. The number of fused-ring (bicyclic) bond motifs is 4. The molecule has 3 aliphatic carbocycles. The van der Waals surface area contributed by atoms with Crippen LogP contribution in [0.25, 0.3) is 16.7 Å². The van der Waals surface area contributed by atoms with Gasteiger partial charge in [-0.2, -0.15) is 5.26 Å². The van der Waals surface area contributed by atoms with Gasteiger partial charge in [-0.1, -0.05) is 236 Å². The fourth-order valence-corrected chi connectivity index (χ4v) is 12.5. The first-order valence-electron chi connectivity index (χ1n) is 25.9. The highest BCUT2D eigenvalue weighted by Gasteiger charge is 2.49. The zero-order valence-corrected chi connectivity index (χ0v) is 41.4. The van der Waals surface area contributed by atoms with Crippen LogP contribution in [0, 0.1) is 11.3 Å². The maximum Gasteiger partial charge on any atom is 0.182 e. The minimum absolute atomic E-state index is 0.0391. The Bertz CT molecular complexity index is 3370. The monoisotopic (exact) mass is 959 g/mol. The van der Waals surface area contributed by atoms with Gasteiger partial charge in [0.1, 0.15) is 22.4 Å². The molecule has 0 amide bonds. The molecule has 13 rings (SSSR count). The Morgan fingerprint density at radius 2 is 1.00 bits per heavy atom. The van der Waals surface area contributed by atoms with E-state index in [0.717, 1.165) is 69.3 Å². The SMILES string of the molecule is N#Cc1cccc(C(=CCNC23CCC(c4ccccc4)(CC2)CC3)c2cc(NC(c3ccccc3)(c3ccccc3)c3ccccc3)nc3c2nnn3C(c2ccccc2)(c2ccccc2)c2ccccc2)c1. The summed E-state index contributed by atoms with van der Waals surface area (Å²) in [5.74, 6) is 0.626. The number of rotatable bonds is 15. The van der Waals surface area contributed by atoms with Gasteiger partial charge >= 0.3 is 0 Å². The fourth-order valence-electron chi connectivity index (χ4n) is 12.5. The molecule has 0 saturated heterocycles. The molecule has 7 heteroatoms. The predicted octanol–water partition coefficient (Wildman–Crippen LogP) is 14.0. The molecule has 360 valence electrons. The smallest absolute Gasteiger partial charge is 0.182 e. The van der Waals surface area contributed by atoms with Crippen LogP contribution < -0.4 is 10.6 Å². The molecule has 7 nitrogen and oxygen atoms in total. The summed E-state index contributed by atoms with van der Waals surface area (Å²) in [5, 5.41) is 29.2. The standard InChI is InChI=1S/C67H57N7/c68-49-50-23-22-24-51(47-50)59(39-46-69-65-43-40-64(41-44-65,42-45-65)52-25-8-1-9-26-52)60-48-61(71-66(53-27-10-2-11-28-53,54-29-12-3-13-30-54)55-31-14-4-15-32-55)70-63-62(60)72-73-74(63)67(56-33-16-5-17-34-56,57-35-18-6-19-36-57)58-37-20-7-21-38-58/h1-39,47-48,69H,40-46H2,(H,70,71). The van der Waals surface area contributed by atoms with Gasteiger partial charge in [-0.25, -0.2) is 9.67 Å². The van der Waals surface area contributed by atoms with Gasteiger partial charge in [-0.15, -0.1) is 5.10 Å². The van der Waals surface area contributed by atoms with E-state index in [-0.39, 0.29) is 11.0 Å². The molecular weight excluding hydrogens is 903 g/mol. The molecule has 0 unspecified atom stereocenters. The highest BCUT2D eigenvalue weighted by Crippen LogP contribution is 2.54. The Balaban J connectivity index is 1.10. The molecular formula is C67H57N7. The summed E-state index contributed by atoms with van der Waals surface area (Å²) < 4.78 is 2.04. The van der Waals surface area contributed by atoms with Crippen molar-refractivity contribution in [3.05, 3.63) is 304 Å². The number of anilines is 1. The van der Waals surface area contributed by atoms with E-state index in [1.807, 2.05) is 22.9 Å². The van der Waals surface area contributed by atoms with E-state index in [4.69, 9.17) is 15.3 Å². The first kappa shape index (κ1) is 46.4. The van der Waals surface area contributed by atoms with E-state index in [9.17, 15) is 5.26 Å².